The normalized spacial score (nSPS) is 10.5. The van der Waals surface area contributed by atoms with Crippen LogP contribution in [-0.2, 0) is 6.54 Å². The number of nitrogens with zero attached hydrogens (tertiary/aromatic N) is 2. The van der Waals surface area contributed by atoms with Crippen molar-refractivity contribution < 1.29 is 4.74 Å². The van der Waals surface area contributed by atoms with E-state index >= 15 is 0 Å². The van der Waals surface area contributed by atoms with Crippen molar-refractivity contribution in [2.75, 3.05) is 6.54 Å². The topological polar surface area (TPSA) is 47.0 Å². The summed E-state index contributed by atoms with van der Waals surface area (Å²) >= 11 is 0. The average molecular weight is 257 g/mol. The number of ether oxygens (including phenoxy) is 1. The molecule has 0 aliphatic rings. The van der Waals surface area contributed by atoms with Gasteiger partial charge < -0.3 is 10.1 Å². The van der Waals surface area contributed by atoms with E-state index in [0.717, 1.165) is 41.5 Å². The van der Waals surface area contributed by atoms with Gasteiger partial charge in [0.2, 0.25) is 0 Å². The largest absolute Gasteiger partial charge is 0.455 e. The van der Waals surface area contributed by atoms with Gasteiger partial charge in [-0.1, -0.05) is 6.92 Å². The minimum Gasteiger partial charge on any atom is -0.455 e. The van der Waals surface area contributed by atoms with Crippen LogP contribution in [0.2, 0.25) is 0 Å². The van der Waals surface area contributed by atoms with Gasteiger partial charge in [0.05, 0.1) is 6.20 Å². The minimum absolute atomic E-state index is 0.744. The average Bonchev–Trinajstić information content (AvgIpc) is 2.40. The summed E-state index contributed by atoms with van der Waals surface area (Å²) in [5, 5.41) is 3.28. The smallest absolute Gasteiger partial charge is 0.145 e. The zero-order chi connectivity index (χ0) is 13.7. The fourth-order valence-electron chi connectivity index (χ4n) is 1.69. The maximum Gasteiger partial charge on any atom is 0.145 e. The number of aryl methyl sites for hydroxylation is 2. The quantitative estimate of drug-likeness (QED) is 0.894. The molecule has 0 aliphatic heterocycles. The third kappa shape index (κ3) is 3.76. The van der Waals surface area contributed by atoms with E-state index in [2.05, 4.69) is 22.2 Å². The molecule has 0 unspecified atom stereocenters. The number of rotatable bonds is 5. The summed E-state index contributed by atoms with van der Waals surface area (Å²) in [6.07, 6.45) is 3.59. The molecule has 0 spiro atoms. The van der Waals surface area contributed by atoms with E-state index in [1.165, 1.54) is 0 Å². The highest BCUT2D eigenvalue weighted by Crippen LogP contribution is 2.25. The summed E-state index contributed by atoms with van der Waals surface area (Å²) in [7, 11) is 0. The van der Waals surface area contributed by atoms with Crippen molar-refractivity contribution in [3.05, 3.63) is 47.5 Å². The summed E-state index contributed by atoms with van der Waals surface area (Å²) in [4.78, 5) is 8.55. The van der Waals surface area contributed by atoms with Gasteiger partial charge in [-0.2, -0.15) is 0 Å². The molecule has 100 valence electrons. The van der Waals surface area contributed by atoms with Crippen LogP contribution in [-0.4, -0.2) is 16.5 Å². The summed E-state index contributed by atoms with van der Waals surface area (Å²) < 4.78 is 5.90. The van der Waals surface area contributed by atoms with Crippen LogP contribution < -0.4 is 10.1 Å². The lowest BCUT2D eigenvalue weighted by molar-refractivity contribution is 0.469. The van der Waals surface area contributed by atoms with Crippen LogP contribution >= 0.6 is 0 Å². The molecular weight excluding hydrogens is 238 g/mol. The molecule has 0 saturated carbocycles. The van der Waals surface area contributed by atoms with Crippen molar-refractivity contribution in [2.24, 2.45) is 0 Å². The Morgan fingerprint density at radius 2 is 1.89 bits per heavy atom. The monoisotopic (exact) mass is 257 g/mol. The minimum atomic E-state index is 0.744. The fraction of sp³-hybridized carbons (Fsp3) is 0.333. The zero-order valence-electron chi connectivity index (χ0n) is 11.6. The van der Waals surface area contributed by atoms with E-state index < -0.39 is 0 Å². The van der Waals surface area contributed by atoms with Gasteiger partial charge in [0.25, 0.3) is 0 Å². The first-order valence-corrected chi connectivity index (χ1v) is 6.46. The Morgan fingerprint density at radius 3 is 2.58 bits per heavy atom. The second kappa shape index (κ2) is 6.29. The molecule has 0 aromatic carbocycles. The third-order valence-corrected chi connectivity index (χ3v) is 2.76. The Morgan fingerprint density at radius 1 is 1.11 bits per heavy atom. The summed E-state index contributed by atoms with van der Waals surface area (Å²) in [6, 6.07) is 5.81. The van der Waals surface area contributed by atoms with Crippen molar-refractivity contribution in [3.8, 4) is 11.5 Å². The molecule has 4 nitrogen and oxygen atoms in total. The molecule has 0 radical (unpaired) electrons. The molecular formula is C15H19N3O. The molecule has 2 heterocycles. The SMILES string of the molecule is CCNCc1cnc(C)cc1Oc1ccc(C)nc1. The van der Waals surface area contributed by atoms with E-state index in [1.807, 2.05) is 38.2 Å². The lowest BCUT2D eigenvalue weighted by Gasteiger charge is -2.11. The third-order valence-electron chi connectivity index (χ3n) is 2.76. The van der Waals surface area contributed by atoms with Crippen LogP contribution in [0.4, 0.5) is 0 Å². The molecule has 0 saturated heterocycles. The molecule has 2 rings (SSSR count). The van der Waals surface area contributed by atoms with Crippen molar-refractivity contribution in [1.82, 2.24) is 15.3 Å². The van der Waals surface area contributed by atoms with Gasteiger partial charge in [0.15, 0.2) is 0 Å². The summed E-state index contributed by atoms with van der Waals surface area (Å²) in [6.45, 7) is 7.65. The Balaban J connectivity index is 2.22. The summed E-state index contributed by atoms with van der Waals surface area (Å²) in [5.41, 5.74) is 2.97. The molecule has 1 N–H and O–H groups in total. The first kappa shape index (κ1) is 13.5. The van der Waals surface area contributed by atoms with E-state index in [9.17, 15) is 0 Å². The predicted molar refractivity (Wildman–Crippen MR) is 75.4 cm³/mol. The molecule has 0 atom stereocenters. The van der Waals surface area contributed by atoms with Gasteiger partial charge in [-0.05, 0) is 32.5 Å². The van der Waals surface area contributed by atoms with Crippen molar-refractivity contribution in [3.63, 3.8) is 0 Å². The molecule has 0 fully saturated rings. The maximum absolute atomic E-state index is 5.90. The van der Waals surface area contributed by atoms with Gasteiger partial charge >= 0.3 is 0 Å². The fourth-order valence-corrected chi connectivity index (χ4v) is 1.69. The molecule has 4 heteroatoms. The maximum atomic E-state index is 5.90. The molecule has 0 aliphatic carbocycles. The number of aromatic nitrogens is 2. The van der Waals surface area contributed by atoms with Crippen LogP contribution in [0, 0.1) is 13.8 Å². The van der Waals surface area contributed by atoms with E-state index in [4.69, 9.17) is 4.74 Å². The molecule has 0 amide bonds. The van der Waals surface area contributed by atoms with E-state index in [-0.39, 0.29) is 0 Å². The number of hydrogen-bond acceptors (Lipinski definition) is 4. The zero-order valence-corrected chi connectivity index (χ0v) is 11.6. The highest BCUT2D eigenvalue weighted by molar-refractivity contribution is 5.37. The van der Waals surface area contributed by atoms with Crippen LogP contribution in [0.25, 0.3) is 0 Å². The van der Waals surface area contributed by atoms with Crippen molar-refractivity contribution >= 4 is 0 Å². The van der Waals surface area contributed by atoms with Crippen LogP contribution in [0.15, 0.2) is 30.6 Å². The second-order valence-electron chi connectivity index (χ2n) is 4.45. The number of hydrogen-bond donors (Lipinski definition) is 1. The Labute approximate surface area is 113 Å². The molecule has 2 aromatic rings. The molecule has 0 bridgehead atoms. The van der Waals surface area contributed by atoms with Gasteiger partial charge in [-0.25, -0.2) is 0 Å². The van der Waals surface area contributed by atoms with Crippen LogP contribution in [0.5, 0.6) is 11.5 Å². The summed E-state index contributed by atoms with van der Waals surface area (Å²) in [5.74, 6) is 1.58. The van der Waals surface area contributed by atoms with Crippen LogP contribution in [0.3, 0.4) is 0 Å². The molecule has 19 heavy (non-hydrogen) atoms. The van der Waals surface area contributed by atoms with Gasteiger partial charge in [-0.15, -0.1) is 0 Å². The van der Waals surface area contributed by atoms with Gasteiger partial charge in [-0.3, -0.25) is 9.97 Å². The first-order chi connectivity index (χ1) is 9.19. The number of pyridine rings is 2. The standard InChI is InChI=1S/C15H19N3O/c1-4-16-8-13-9-17-12(3)7-15(13)19-14-6-5-11(2)18-10-14/h5-7,9-10,16H,4,8H2,1-3H3. The van der Waals surface area contributed by atoms with Crippen LogP contribution in [0.1, 0.15) is 23.9 Å². The van der Waals surface area contributed by atoms with Gasteiger partial charge in [0.1, 0.15) is 11.5 Å². The Kier molecular flexibility index (Phi) is 4.47. The second-order valence-corrected chi connectivity index (χ2v) is 4.45. The highest BCUT2D eigenvalue weighted by atomic mass is 16.5. The van der Waals surface area contributed by atoms with Crippen molar-refractivity contribution in [1.29, 1.82) is 0 Å². The Bertz CT molecular complexity index is 538. The number of nitrogens with one attached hydrogen (secondary N) is 1. The highest BCUT2D eigenvalue weighted by Gasteiger charge is 2.06. The first-order valence-electron chi connectivity index (χ1n) is 6.46. The van der Waals surface area contributed by atoms with Crippen molar-refractivity contribution in [2.45, 2.75) is 27.3 Å². The van der Waals surface area contributed by atoms with Gasteiger partial charge in [0, 0.05) is 35.8 Å². The lowest BCUT2D eigenvalue weighted by atomic mass is 10.2. The lowest BCUT2D eigenvalue weighted by Crippen LogP contribution is -2.12. The molecule has 2 aromatic heterocycles. The Hall–Kier alpha value is -1.94. The van der Waals surface area contributed by atoms with E-state index in [0.29, 0.717) is 0 Å². The predicted octanol–water partition coefficient (Wildman–Crippen LogP) is 3.00. The van der Waals surface area contributed by atoms with E-state index in [1.54, 1.807) is 6.20 Å².